The lowest BCUT2D eigenvalue weighted by Crippen LogP contribution is -2.41. The molecule has 3 rings (SSSR count). The Morgan fingerprint density at radius 1 is 1.33 bits per heavy atom. The number of ether oxygens (including phenoxy) is 1. The van der Waals surface area contributed by atoms with Crippen LogP contribution < -0.4 is 9.64 Å². The molecule has 0 N–H and O–H groups in total. The fraction of sp³-hybridized carbons (Fsp3) is 0.471. The smallest absolute Gasteiger partial charge is 0.136 e. The molecule has 1 aromatic carbocycles. The topological polar surface area (TPSA) is 25.4 Å². The van der Waals surface area contributed by atoms with Gasteiger partial charge < -0.3 is 9.64 Å². The molecule has 0 spiro atoms. The number of hydrogen-bond acceptors (Lipinski definition) is 3. The number of anilines is 1. The van der Waals surface area contributed by atoms with Gasteiger partial charge in [0.2, 0.25) is 0 Å². The summed E-state index contributed by atoms with van der Waals surface area (Å²) in [4.78, 5) is 7.10. The van der Waals surface area contributed by atoms with Gasteiger partial charge in [0.1, 0.15) is 11.6 Å². The van der Waals surface area contributed by atoms with Gasteiger partial charge in [-0.3, -0.25) is 0 Å². The number of alkyl halides is 1. The Bertz CT molecular complexity index is 613. The summed E-state index contributed by atoms with van der Waals surface area (Å²) >= 11 is 5.90. The highest BCUT2D eigenvalue weighted by Crippen LogP contribution is 2.34. The molecule has 1 aliphatic rings. The van der Waals surface area contributed by atoms with Crippen LogP contribution in [0.1, 0.15) is 25.7 Å². The van der Waals surface area contributed by atoms with E-state index >= 15 is 0 Å². The summed E-state index contributed by atoms with van der Waals surface area (Å²) in [6.07, 6.45) is 6.71. The normalized spacial score (nSPS) is 15.0. The van der Waals surface area contributed by atoms with E-state index in [2.05, 4.69) is 28.1 Å². The van der Waals surface area contributed by atoms with E-state index in [-0.39, 0.29) is 0 Å². The first kappa shape index (κ1) is 14.5. The summed E-state index contributed by atoms with van der Waals surface area (Å²) in [5.41, 5.74) is 0. The molecule has 0 saturated heterocycles. The van der Waals surface area contributed by atoms with E-state index in [0.29, 0.717) is 11.9 Å². The number of fused-ring (bicyclic) bond motifs is 1. The molecule has 21 heavy (non-hydrogen) atoms. The minimum absolute atomic E-state index is 0.609. The fourth-order valence-corrected chi connectivity index (χ4v) is 3.00. The first-order chi connectivity index (χ1) is 10.3. The molecule has 2 aromatic rings. The first-order valence-electron chi connectivity index (χ1n) is 7.59. The molecular formula is C17H21ClN2O. The molecule has 0 unspecified atom stereocenters. The maximum absolute atomic E-state index is 5.90. The van der Waals surface area contributed by atoms with E-state index in [1.54, 1.807) is 7.11 Å². The summed E-state index contributed by atoms with van der Waals surface area (Å²) in [7, 11) is 1.70. The van der Waals surface area contributed by atoms with E-state index in [0.717, 1.165) is 24.5 Å². The van der Waals surface area contributed by atoms with Crippen LogP contribution in [0.5, 0.6) is 5.75 Å². The average molecular weight is 305 g/mol. The van der Waals surface area contributed by atoms with Crippen molar-refractivity contribution in [2.75, 3.05) is 24.4 Å². The Hall–Kier alpha value is -1.48. The number of methoxy groups -OCH3 is 1. The van der Waals surface area contributed by atoms with Crippen molar-refractivity contribution in [1.82, 2.24) is 4.98 Å². The predicted molar refractivity (Wildman–Crippen MR) is 88.6 cm³/mol. The first-order valence-corrected chi connectivity index (χ1v) is 8.12. The van der Waals surface area contributed by atoms with Crippen LogP contribution in [0.25, 0.3) is 10.8 Å². The predicted octanol–water partition coefficient (Wildman–Crippen LogP) is 4.23. The molecular weight excluding hydrogens is 284 g/mol. The molecule has 0 aliphatic heterocycles. The molecule has 0 amide bonds. The van der Waals surface area contributed by atoms with Crippen molar-refractivity contribution in [3.05, 3.63) is 30.5 Å². The standard InChI is InChI=1S/C17H21ClN2O/c1-21-15-7-6-13-8-10-19-17(16(13)12-15)20(11-3-9-18)14-4-2-5-14/h6-8,10,12,14H,2-5,9,11H2,1H3. The fourth-order valence-electron chi connectivity index (χ4n) is 2.88. The molecule has 1 aromatic heterocycles. The van der Waals surface area contributed by atoms with Gasteiger partial charge in [-0.1, -0.05) is 6.07 Å². The Labute approximate surface area is 130 Å². The van der Waals surface area contributed by atoms with Gasteiger partial charge in [0.25, 0.3) is 0 Å². The summed E-state index contributed by atoms with van der Waals surface area (Å²) in [5.74, 6) is 2.64. The molecule has 3 nitrogen and oxygen atoms in total. The van der Waals surface area contributed by atoms with Crippen molar-refractivity contribution in [1.29, 1.82) is 0 Å². The zero-order valence-electron chi connectivity index (χ0n) is 12.4. The van der Waals surface area contributed by atoms with Crippen LogP contribution in [0.2, 0.25) is 0 Å². The van der Waals surface area contributed by atoms with Crippen LogP contribution in [-0.2, 0) is 0 Å². The summed E-state index contributed by atoms with van der Waals surface area (Å²) < 4.78 is 5.37. The van der Waals surface area contributed by atoms with E-state index in [1.165, 1.54) is 30.0 Å². The van der Waals surface area contributed by atoms with E-state index < -0.39 is 0 Å². The van der Waals surface area contributed by atoms with Crippen molar-refractivity contribution in [2.45, 2.75) is 31.7 Å². The van der Waals surface area contributed by atoms with Gasteiger partial charge in [0.05, 0.1) is 7.11 Å². The number of benzene rings is 1. The zero-order valence-corrected chi connectivity index (χ0v) is 13.1. The SMILES string of the molecule is COc1ccc2ccnc(N(CCCCl)C3CCC3)c2c1. The van der Waals surface area contributed by atoms with E-state index in [4.69, 9.17) is 16.3 Å². The lowest BCUT2D eigenvalue weighted by Gasteiger charge is -2.39. The van der Waals surface area contributed by atoms with Crippen LogP contribution in [0.4, 0.5) is 5.82 Å². The second-order valence-electron chi connectivity index (χ2n) is 5.54. The van der Waals surface area contributed by atoms with Crippen molar-refractivity contribution in [3.63, 3.8) is 0 Å². The molecule has 0 radical (unpaired) electrons. The lowest BCUT2D eigenvalue weighted by molar-refractivity contribution is 0.384. The zero-order chi connectivity index (χ0) is 14.7. The van der Waals surface area contributed by atoms with Gasteiger partial charge in [-0.2, -0.15) is 0 Å². The third-order valence-corrected chi connectivity index (χ3v) is 4.54. The van der Waals surface area contributed by atoms with Crippen molar-refractivity contribution >= 4 is 28.2 Å². The van der Waals surface area contributed by atoms with Gasteiger partial charge in [0, 0.05) is 30.0 Å². The van der Waals surface area contributed by atoms with Gasteiger partial charge in [-0.25, -0.2) is 4.98 Å². The van der Waals surface area contributed by atoms with Crippen LogP contribution in [-0.4, -0.2) is 30.6 Å². The second-order valence-corrected chi connectivity index (χ2v) is 5.92. The largest absolute Gasteiger partial charge is 0.497 e. The van der Waals surface area contributed by atoms with E-state index in [1.807, 2.05) is 12.3 Å². The highest BCUT2D eigenvalue weighted by Gasteiger charge is 2.26. The van der Waals surface area contributed by atoms with Crippen LogP contribution in [0.3, 0.4) is 0 Å². The number of pyridine rings is 1. The Balaban J connectivity index is 2.02. The molecule has 1 saturated carbocycles. The van der Waals surface area contributed by atoms with Crippen molar-refractivity contribution in [2.24, 2.45) is 0 Å². The molecule has 0 bridgehead atoms. The Kier molecular flexibility index (Phi) is 4.49. The summed E-state index contributed by atoms with van der Waals surface area (Å²) in [5, 5.41) is 2.37. The number of halogens is 1. The molecule has 0 atom stereocenters. The molecule has 112 valence electrons. The van der Waals surface area contributed by atoms with Gasteiger partial charge in [-0.15, -0.1) is 11.6 Å². The van der Waals surface area contributed by atoms with E-state index in [9.17, 15) is 0 Å². The van der Waals surface area contributed by atoms with Crippen LogP contribution >= 0.6 is 11.6 Å². The lowest BCUT2D eigenvalue weighted by atomic mass is 9.91. The van der Waals surface area contributed by atoms with Gasteiger partial charge in [0.15, 0.2) is 0 Å². The highest BCUT2D eigenvalue weighted by atomic mass is 35.5. The van der Waals surface area contributed by atoms with Crippen LogP contribution in [0, 0.1) is 0 Å². The minimum atomic E-state index is 0.609. The maximum atomic E-state index is 5.90. The monoisotopic (exact) mass is 304 g/mol. The Morgan fingerprint density at radius 3 is 2.86 bits per heavy atom. The molecule has 4 heteroatoms. The van der Waals surface area contributed by atoms with Crippen molar-refractivity contribution < 1.29 is 4.74 Å². The van der Waals surface area contributed by atoms with Gasteiger partial charge in [-0.05, 0) is 49.3 Å². The number of aromatic nitrogens is 1. The molecule has 1 heterocycles. The third kappa shape index (κ3) is 2.93. The average Bonchev–Trinajstić information content (AvgIpc) is 2.48. The molecule has 1 fully saturated rings. The summed E-state index contributed by atoms with van der Waals surface area (Å²) in [6, 6.07) is 8.85. The maximum Gasteiger partial charge on any atom is 0.136 e. The van der Waals surface area contributed by atoms with Crippen molar-refractivity contribution in [3.8, 4) is 5.75 Å². The Morgan fingerprint density at radius 2 is 2.19 bits per heavy atom. The molecule has 1 aliphatic carbocycles. The van der Waals surface area contributed by atoms with Crippen LogP contribution in [0.15, 0.2) is 30.5 Å². The quantitative estimate of drug-likeness (QED) is 0.747. The highest BCUT2D eigenvalue weighted by molar-refractivity contribution is 6.17. The minimum Gasteiger partial charge on any atom is -0.497 e. The second kappa shape index (κ2) is 6.52. The number of rotatable bonds is 6. The number of hydrogen-bond donors (Lipinski definition) is 0. The summed E-state index contributed by atoms with van der Waals surface area (Å²) in [6.45, 7) is 0.970. The number of nitrogens with zero attached hydrogens (tertiary/aromatic N) is 2. The van der Waals surface area contributed by atoms with Gasteiger partial charge >= 0.3 is 0 Å². The third-order valence-electron chi connectivity index (χ3n) is 4.27.